The van der Waals surface area contributed by atoms with Crippen LogP contribution >= 0.6 is 0 Å². The largest absolute Gasteiger partial charge is 0.503 e. The molecule has 0 aromatic rings. The van der Waals surface area contributed by atoms with Gasteiger partial charge >= 0.3 is 8.80 Å². The summed E-state index contributed by atoms with van der Waals surface area (Å²) in [6, 6.07) is 0. The molecule has 0 saturated heterocycles. The van der Waals surface area contributed by atoms with Crippen LogP contribution in [-0.2, 0) is 13.3 Å². The third kappa shape index (κ3) is 6.32. The van der Waals surface area contributed by atoms with E-state index < -0.39 is 8.80 Å². The van der Waals surface area contributed by atoms with Crippen LogP contribution in [0.4, 0.5) is 0 Å². The zero-order valence-corrected chi connectivity index (χ0v) is 14.0. The molecule has 0 radical (unpaired) electrons. The first-order valence-corrected chi connectivity index (χ1v) is 9.12. The normalized spacial score (nSPS) is 13.8. The van der Waals surface area contributed by atoms with Gasteiger partial charge in [0.1, 0.15) is 0 Å². The Morgan fingerprint density at radius 3 is 1.67 bits per heavy atom. The Labute approximate surface area is 115 Å². The third-order valence-corrected chi connectivity index (χ3v) is 6.90. The van der Waals surface area contributed by atoms with Crippen LogP contribution < -0.4 is 0 Å². The molecule has 110 valence electrons. The zero-order valence-electron chi connectivity index (χ0n) is 13.0. The van der Waals surface area contributed by atoms with Crippen LogP contribution in [0.15, 0.2) is 0 Å². The molecule has 0 N–H and O–H groups in total. The van der Waals surface area contributed by atoms with Crippen molar-refractivity contribution in [3.8, 4) is 0 Å². The van der Waals surface area contributed by atoms with E-state index in [1.807, 2.05) is 0 Å². The second-order valence-electron chi connectivity index (χ2n) is 5.03. The minimum Gasteiger partial charge on any atom is -0.377 e. The smallest absolute Gasteiger partial charge is 0.377 e. The van der Waals surface area contributed by atoms with E-state index in [2.05, 4.69) is 13.8 Å². The van der Waals surface area contributed by atoms with Crippen LogP contribution in [0, 0.1) is 0 Å². The second kappa shape index (κ2) is 11.0. The van der Waals surface area contributed by atoms with Gasteiger partial charge in [-0.3, -0.25) is 0 Å². The molecule has 0 bridgehead atoms. The van der Waals surface area contributed by atoms with E-state index in [1.54, 1.807) is 21.3 Å². The maximum atomic E-state index is 5.50. The topological polar surface area (TPSA) is 27.7 Å². The van der Waals surface area contributed by atoms with Crippen molar-refractivity contribution in [3.63, 3.8) is 0 Å². The molecule has 0 heterocycles. The molecule has 0 aliphatic carbocycles. The van der Waals surface area contributed by atoms with Gasteiger partial charge in [-0.05, 0) is 6.42 Å². The molecule has 3 nitrogen and oxygen atoms in total. The summed E-state index contributed by atoms with van der Waals surface area (Å²) in [7, 11) is 2.68. The van der Waals surface area contributed by atoms with Gasteiger partial charge in [-0.1, -0.05) is 58.8 Å². The summed E-state index contributed by atoms with van der Waals surface area (Å²) in [5.41, 5.74) is 0.383. The van der Waals surface area contributed by atoms with E-state index in [9.17, 15) is 0 Å². The first kappa shape index (κ1) is 18.1. The van der Waals surface area contributed by atoms with Gasteiger partial charge in [0.2, 0.25) is 0 Å². The highest BCUT2D eigenvalue weighted by molar-refractivity contribution is 6.62. The van der Waals surface area contributed by atoms with Crippen LogP contribution in [0.5, 0.6) is 0 Å². The Kier molecular flexibility index (Phi) is 11.0. The molecule has 0 aromatic heterocycles. The lowest BCUT2D eigenvalue weighted by Crippen LogP contribution is -2.46. The highest BCUT2D eigenvalue weighted by Gasteiger charge is 2.43. The van der Waals surface area contributed by atoms with Gasteiger partial charge in [0.25, 0.3) is 0 Å². The Bertz CT molecular complexity index is 176. The number of hydrogen-bond acceptors (Lipinski definition) is 3. The summed E-state index contributed by atoms with van der Waals surface area (Å²) in [6.07, 6.45) is 10.5. The van der Waals surface area contributed by atoms with E-state index in [1.165, 1.54) is 44.9 Å². The molecule has 1 atom stereocenters. The summed E-state index contributed by atoms with van der Waals surface area (Å²) in [6.45, 7) is 4.44. The first-order valence-electron chi connectivity index (χ1n) is 7.32. The highest BCUT2D eigenvalue weighted by Crippen LogP contribution is 2.29. The average molecular weight is 276 g/mol. The van der Waals surface area contributed by atoms with Gasteiger partial charge < -0.3 is 13.3 Å². The Morgan fingerprint density at radius 2 is 1.22 bits per heavy atom. The van der Waals surface area contributed by atoms with Gasteiger partial charge in [0.05, 0.1) is 0 Å². The van der Waals surface area contributed by atoms with Gasteiger partial charge in [0.15, 0.2) is 0 Å². The zero-order chi connectivity index (χ0) is 13.9. The molecule has 0 rings (SSSR count). The third-order valence-electron chi connectivity index (χ3n) is 3.70. The predicted molar refractivity (Wildman–Crippen MR) is 78.8 cm³/mol. The van der Waals surface area contributed by atoms with E-state index in [0.29, 0.717) is 5.54 Å². The fourth-order valence-corrected chi connectivity index (χ4v) is 4.70. The van der Waals surface area contributed by atoms with Crippen molar-refractivity contribution in [1.82, 2.24) is 0 Å². The lowest BCUT2D eigenvalue weighted by molar-refractivity contribution is 0.111. The lowest BCUT2D eigenvalue weighted by atomic mass is 10.1. The summed E-state index contributed by atoms with van der Waals surface area (Å²) >= 11 is 0. The molecule has 0 spiro atoms. The van der Waals surface area contributed by atoms with Gasteiger partial charge in [0, 0.05) is 26.9 Å². The minimum absolute atomic E-state index is 0.383. The van der Waals surface area contributed by atoms with Crippen molar-refractivity contribution in [2.45, 2.75) is 70.8 Å². The average Bonchev–Trinajstić information content (AvgIpc) is 2.40. The van der Waals surface area contributed by atoms with E-state index >= 15 is 0 Å². The molecule has 0 fully saturated rings. The summed E-state index contributed by atoms with van der Waals surface area (Å²) in [5.74, 6) is 0. The first-order chi connectivity index (χ1) is 8.66. The summed E-state index contributed by atoms with van der Waals surface area (Å²) in [5, 5.41) is 0. The van der Waals surface area contributed by atoms with Crippen molar-refractivity contribution in [2.75, 3.05) is 21.3 Å². The molecule has 0 aliphatic heterocycles. The molecule has 0 amide bonds. The SMILES string of the molecule is CCCCCCCCCC(C)[Si](OC)(OC)OC. The standard InChI is InChI=1S/C14H32O3Si/c1-6-7-8-9-10-11-12-13-14(2)18(15-3,16-4)17-5/h14H,6-13H2,1-5H3. The van der Waals surface area contributed by atoms with Gasteiger partial charge in [-0.2, -0.15) is 0 Å². The number of rotatable bonds is 12. The molecular weight excluding hydrogens is 244 g/mol. The highest BCUT2D eigenvalue weighted by atomic mass is 28.4. The van der Waals surface area contributed by atoms with Crippen molar-refractivity contribution < 1.29 is 13.3 Å². The molecule has 4 heteroatoms. The monoisotopic (exact) mass is 276 g/mol. The molecule has 0 saturated carbocycles. The summed E-state index contributed by atoms with van der Waals surface area (Å²) in [4.78, 5) is 0. The van der Waals surface area contributed by atoms with Crippen LogP contribution in [-0.4, -0.2) is 30.1 Å². The molecule has 0 aliphatic rings. The summed E-state index contributed by atoms with van der Waals surface area (Å²) < 4.78 is 16.5. The molecular formula is C14H32O3Si. The maximum Gasteiger partial charge on any atom is 0.503 e. The second-order valence-corrected chi connectivity index (χ2v) is 8.44. The van der Waals surface area contributed by atoms with Crippen molar-refractivity contribution in [3.05, 3.63) is 0 Å². The van der Waals surface area contributed by atoms with Crippen LogP contribution in [0.3, 0.4) is 0 Å². The molecule has 1 unspecified atom stereocenters. The number of unbranched alkanes of at least 4 members (excludes halogenated alkanes) is 6. The van der Waals surface area contributed by atoms with E-state index in [-0.39, 0.29) is 0 Å². The Hall–Kier alpha value is 0.0969. The van der Waals surface area contributed by atoms with E-state index in [4.69, 9.17) is 13.3 Å². The predicted octanol–water partition coefficient (Wildman–Crippen LogP) is 4.40. The Balaban J connectivity index is 3.71. The fourth-order valence-electron chi connectivity index (χ4n) is 2.44. The van der Waals surface area contributed by atoms with Gasteiger partial charge in [-0.15, -0.1) is 0 Å². The molecule has 0 aromatic carbocycles. The van der Waals surface area contributed by atoms with E-state index in [0.717, 1.165) is 6.42 Å². The van der Waals surface area contributed by atoms with Crippen LogP contribution in [0.2, 0.25) is 5.54 Å². The fraction of sp³-hybridized carbons (Fsp3) is 1.00. The maximum absolute atomic E-state index is 5.50. The molecule has 18 heavy (non-hydrogen) atoms. The Morgan fingerprint density at radius 1 is 0.778 bits per heavy atom. The quantitative estimate of drug-likeness (QED) is 0.391. The van der Waals surface area contributed by atoms with Crippen LogP contribution in [0.1, 0.15) is 65.2 Å². The minimum atomic E-state index is -2.40. The van der Waals surface area contributed by atoms with Crippen molar-refractivity contribution in [2.24, 2.45) is 0 Å². The number of hydrogen-bond donors (Lipinski definition) is 0. The van der Waals surface area contributed by atoms with Crippen molar-refractivity contribution in [1.29, 1.82) is 0 Å². The lowest BCUT2D eigenvalue weighted by Gasteiger charge is -2.30. The van der Waals surface area contributed by atoms with Crippen LogP contribution in [0.25, 0.3) is 0 Å². The van der Waals surface area contributed by atoms with Gasteiger partial charge in [-0.25, -0.2) is 0 Å². The van der Waals surface area contributed by atoms with Crippen molar-refractivity contribution >= 4 is 8.80 Å².